The van der Waals surface area contributed by atoms with Gasteiger partial charge < -0.3 is 14.4 Å². The van der Waals surface area contributed by atoms with E-state index in [1.54, 1.807) is 12.3 Å². The van der Waals surface area contributed by atoms with E-state index in [1.165, 1.54) is 6.07 Å². The fraction of sp³-hybridized carbons (Fsp3) is 0.170. The summed E-state index contributed by atoms with van der Waals surface area (Å²) < 4.78 is 71.9. The molecule has 0 atom stereocenters. The molecule has 0 aliphatic carbocycles. The summed E-state index contributed by atoms with van der Waals surface area (Å²) in [6, 6.07) is 42.3. The Labute approximate surface area is 331 Å². The Balaban J connectivity index is 0.000000397. The van der Waals surface area contributed by atoms with Gasteiger partial charge in [0.1, 0.15) is 0 Å². The number of fused-ring (bicyclic) bond motifs is 3. The van der Waals surface area contributed by atoms with Crippen molar-refractivity contribution in [2.75, 3.05) is 0 Å². The molecule has 0 saturated carbocycles. The molecule has 0 bridgehead atoms. The first-order valence-electron chi connectivity index (χ1n) is 20.7. The van der Waals surface area contributed by atoms with E-state index in [1.807, 2.05) is 131 Å². The molecule has 0 aliphatic rings. The Morgan fingerprint density at radius 2 is 1.40 bits per heavy atom. The second kappa shape index (κ2) is 16.0. The van der Waals surface area contributed by atoms with Crippen molar-refractivity contribution in [2.45, 2.75) is 53.2 Å². The first kappa shape index (κ1) is 27.4. The van der Waals surface area contributed by atoms with Crippen molar-refractivity contribution in [3.05, 3.63) is 162 Å². The number of nitrogens with zero attached hydrogens (tertiary/aromatic N) is 3. The summed E-state index contributed by atoms with van der Waals surface area (Å²) in [5, 5.41) is 1.40. The molecular weight excluding hydrogens is 815 g/mol. The van der Waals surface area contributed by atoms with Crippen LogP contribution >= 0.6 is 0 Å². The van der Waals surface area contributed by atoms with Crippen LogP contribution in [0, 0.1) is 25.8 Å². The van der Waals surface area contributed by atoms with Crippen LogP contribution in [-0.4, -0.2) is 15.0 Å². The van der Waals surface area contributed by atoms with Gasteiger partial charge in [-0.05, 0) is 82.9 Å². The summed E-state index contributed by atoms with van der Waals surface area (Å²) in [4.78, 5) is 13.5. The van der Waals surface area contributed by atoms with Crippen molar-refractivity contribution >= 4 is 22.1 Å². The van der Waals surface area contributed by atoms with Gasteiger partial charge in [-0.15, -0.1) is 54.1 Å². The molecule has 0 fully saturated rings. The maximum Gasteiger partial charge on any atom is 0.216 e. The molecule has 0 spiro atoms. The third-order valence-corrected chi connectivity index (χ3v) is 8.69. The zero-order valence-corrected chi connectivity index (χ0v) is 31.6. The van der Waals surface area contributed by atoms with Crippen LogP contribution in [0.1, 0.15) is 72.7 Å². The standard InChI is InChI=1S/C36H33N2O.C11H8N.Ir/c1-21(2)30-18-26(25-11-8-7-9-12-25)19-31(22(3)4)34(30)32-16-15-28-27-13-10-14-29(35(27)39-36(28)38-32)33-17-23(5)24(6)20-37-33;1-2-6-10(7-3-1)11-8-4-5-9-12-11;/h7-13,15-22H,1-6H3;1-6,8-9H;/q2*-1;/i5D3,6D3,21D,22D;;. The SMILES string of the molecule is [2H]C([2H])([2H])c1cnc(-c2[c-]ccc3c2oc2nc(-c4c(C([2H])(C)C)cc(-c5ccccc5)cc4C([2H])(C)C)ccc23)cc1C([2H])([2H])[2H].[Ir].[c-]1ccccc1-c1ccccn1. The molecule has 1 radical (unpaired) electrons. The number of benzene rings is 4. The van der Waals surface area contributed by atoms with Gasteiger partial charge in [-0.2, -0.15) is 0 Å². The minimum absolute atomic E-state index is 0. The van der Waals surface area contributed by atoms with Crippen molar-refractivity contribution in [2.24, 2.45) is 0 Å². The summed E-state index contributed by atoms with van der Waals surface area (Å²) in [6.45, 7) is 1.95. The zero-order valence-electron chi connectivity index (χ0n) is 37.2. The maximum atomic E-state index is 9.11. The van der Waals surface area contributed by atoms with Crippen molar-refractivity contribution in [3.63, 3.8) is 0 Å². The van der Waals surface area contributed by atoms with Gasteiger partial charge in [0.15, 0.2) is 0 Å². The Morgan fingerprint density at radius 3 is 2.08 bits per heavy atom. The molecule has 4 aromatic carbocycles. The predicted molar refractivity (Wildman–Crippen MR) is 211 cm³/mol. The summed E-state index contributed by atoms with van der Waals surface area (Å²) in [5.41, 5.74) is 7.24. The second-order valence-corrected chi connectivity index (χ2v) is 12.7. The smallest absolute Gasteiger partial charge is 0.216 e. The fourth-order valence-corrected chi connectivity index (χ4v) is 6.12. The van der Waals surface area contributed by atoms with Gasteiger partial charge in [0.25, 0.3) is 0 Å². The first-order valence-corrected chi connectivity index (χ1v) is 16.7. The van der Waals surface area contributed by atoms with Gasteiger partial charge in [-0.1, -0.05) is 105 Å². The van der Waals surface area contributed by atoms with Gasteiger partial charge >= 0.3 is 0 Å². The Hall–Kier alpha value is -5.22. The fourth-order valence-electron chi connectivity index (χ4n) is 6.12. The van der Waals surface area contributed by atoms with E-state index >= 15 is 0 Å². The van der Waals surface area contributed by atoms with Gasteiger partial charge in [-0.3, -0.25) is 0 Å². The number of aromatic nitrogens is 3. The molecular formula is C47H41IrN3O-2. The zero-order chi connectivity index (χ0) is 42.3. The molecule has 0 N–H and O–H groups in total. The molecule has 261 valence electrons. The third-order valence-electron chi connectivity index (χ3n) is 8.69. The predicted octanol–water partition coefficient (Wildman–Crippen LogP) is 12.6. The van der Waals surface area contributed by atoms with Crippen LogP contribution in [0.15, 0.2) is 132 Å². The van der Waals surface area contributed by atoms with E-state index < -0.39 is 25.5 Å². The first-order chi connectivity index (χ1) is 27.8. The van der Waals surface area contributed by atoms with E-state index in [4.69, 9.17) is 20.4 Å². The van der Waals surface area contributed by atoms with Crippen molar-refractivity contribution in [1.82, 2.24) is 15.0 Å². The van der Waals surface area contributed by atoms with Gasteiger partial charge in [0.2, 0.25) is 5.71 Å². The van der Waals surface area contributed by atoms with E-state index in [2.05, 4.69) is 22.1 Å². The monoisotopic (exact) mass is 864 g/mol. The Kier molecular flexibility index (Phi) is 8.43. The average Bonchev–Trinajstić information content (AvgIpc) is 3.58. The molecule has 0 unspecified atom stereocenters. The average molecular weight is 864 g/mol. The van der Waals surface area contributed by atoms with Crippen LogP contribution in [0.5, 0.6) is 0 Å². The van der Waals surface area contributed by atoms with Crippen LogP contribution in [0.4, 0.5) is 0 Å². The summed E-state index contributed by atoms with van der Waals surface area (Å²) in [5.74, 6) is -2.06. The van der Waals surface area contributed by atoms with Crippen molar-refractivity contribution in [3.8, 4) is 44.9 Å². The van der Waals surface area contributed by atoms with Gasteiger partial charge in [-0.25, -0.2) is 4.98 Å². The largest absolute Gasteiger partial charge is 0.486 e. The molecule has 4 aromatic heterocycles. The van der Waals surface area contributed by atoms with Crippen LogP contribution in [0.25, 0.3) is 67.0 Å². The minimum atomic E-state index is -2.68. The number of aryl methyl sites for hydroxylation is 2. The Bertz CT molecular complexity index is 2690. The maximum absolute atomic E-state index is 9.11. The molecule has 4 heterocycles. The van der Waals surface area contributed by atoms with Crippen LogP contribution in [0.3, 0.4) is 0 Å². The number of hydrogen-bond donors (Lipinski definition) is 0. The topological polar surface area (TPSA) is 51.8 Å². The molecule has 8 rings (SSSR count). The Morgan fingerprint density at radius 1 is 0.654 bits per heavy atom. The second-order valence-electron chi connectivity index (χ2n) is 12.7. The third kappa shape index (κ3) is 7.53. The molecule has 52 heavy (non-hydrogen) atoms. The number of hydrogen-bond acceptors (Lipinski definition) is 4. The van der Waals surface area contributed by atoms with Gasteiger partial charge in [0.05, 0.1) is 11.3 Å². The van der Waals surface area contributed by atoms with Gasteiger partial charge in [0, 0.05) is 54.4 Å². The van der Waals surface area contributed by atoms with Crippen molar-refractivity contribution < 1.29 is 35.5 Å². The minimum Gasteiger partial charge on any atom is -0.486 e. The van der Waals surface area contributed by atoms with E-state index in [0.29, 0.717) is 38.9 Å². The van der Waals surface area contributed by atoms with E-state index in [9.17, 15) is 0 Å². The summed E-state index contributed by atoms with van der Waals surface area (Å²) >= 11 is 0. The van der Waals surface area contributed by atoms with Crippen molar-refractivity contribution in [1.29, 1.82) is 0 Å². The molecule has 4 nitrogen and oxygen atoms in total. The van der Waals surface area contributed by atoms with Crippen LogP contribution < -0.4 is 0 Å². The summed E-state index contributed by atoms with van der Waals surface area (Å²) in [7, 11) is 0. The van der Waals surface area contributed by atoms with Crippen LogP contribution in [0.2, 0.25) is 0 Å². The number of rotatable bonds is 6. The molecule has 0 amide bonds. The normalized spacial score (nSPS) is 14.2. The van der Waals surface area contributed by atoms with Crippen LogP contribution in [-0.2, 0) is 20.1 Å². The summed E-state index contributed by atoms with van der Waals surface area (Å²) in [6.07, 6.45) is 2.87. The molecule has 0 aliphatic heterocycles. The van der Waals surface area contributed by atoms with E-state index in [0.717, 1.165) is 39.7 Å². The van der Waals surface area contributed by atoms with E-state index in [-0.39, 0.29) is 36.9 Å². The molecule has 5 heteroatoms. The molecule has 0 saturated heterocycles. The molecule has 8 aromatic rings. The number of pyridine rings is 3. The quantitative estimate of drug-likeness (QED) is 0.156. The number of furan rings is 1.